The molecule has 0 aromatic carbocycles. The fourth-order valence-corrected chi connectivity index (χ4v) is 1.87. The number of carbonyl (C=O) groups is 1. The van der Waals surface area contributed by atoms with Crippen LogP contribution in [0.1, 0.15) is 16.1 Å². The number of likely N-dealkylation sites (N-methyl/N-ethyl adjacent to an activating group) is 1. The van der Waals surface area contributed by atoms with Gasteiger partial charge in [-0.15, -0.1) is 0 Å². The average molecular weight is 219 g/mol. The van der Waals surface area contributed by atoms with Crippen molar-refractivity contribution in [1.29, 1.82) is 0 Å². The number of amides is 1. The van der Waals surface area contributed by atoms with Gasteiger partial charge in [-0.25, -0.2) is 0 Å². The monoisotopic (exact) mass is 219 g/mol. The Morgan fingerprint density at radius 2 is 2.00 bits per heavy atom. The lowest BCUT2D eigenvalue weighted by molar-refractivity contribution is 0.0664. The van der Waals surface area contributed by atoms with Crippen LogP contribution in [0.4, 0.5) is 0 Å². The zero-order valence-electron chi connectivity index (χ0n) is 9.81. The Balaban J connectivity index is 2.08. The van der Waals surface area contributed by atoms with Crippen LogP contribution in [0.3, 0.4) is 0 Å². The highest BCUT2D eigenvalue weighted by atomic mass is 16.2. The maximum Gasteiger partial charge on any atom is 0.254 e. The van der Waals surface area contributed by atoms with Gasteiger partial charge in [0.1, 0.15) is 0 Å². The first kappa shape index (κ1) is 11.1. The van der Waals surface area contributed by atoms with Gasteiger partial charge in [-0.2, -0.15) is 0 Å². The summed E-state index contributed by atoms with van der Waals surface area (Å²) in [7, 11) is 2.08. The van der Waals surface area contributed by atoms with Crippen LogP contribution in [0, 0.1) is 6.92 Å². The molecular formula is C12H17N3O. The molecule has 0 radical (unpaired) electrons. The van der Waals surface area contributed by atoms with Gasteiger partial charge < -0.3 is 9.80 Å². The molecule has 1 fully saturated rings. The summed E-state index contributed by atoms with van der Waals surface area (Å²) in [6.45, 7) is 5.44. The maximum absolute atomic E-state index is 12.1. The third-order valence-electron chi connectivity index (χ3n) is 2.93. The summed E-state index contributed by atoms with van der Waals surface area (Å²) in [6.07, 6.45) is 1.69. The standard InChI is InChI=1S/C12H17N3O/c1-10-9-11(3-4-13-10)12(16)15-7-5-14(2)6-8-15/h3-4,9H,5-8H2,1-2H3. The van der Waals surface area contributed by atoms with Crippen LogP contribution in [0.25, 0.3) is 0 Å². The van der Waals surface area contributed by atoms with E-state index in [-0.39, 0.29) is 5.91 Å². The van der Waals surface area contributed by atoms with Crippen LogP contribution in [0.2, 0.25) is 0 Å². The van der Waals surface area contributed by atoms with Crippen molar-refractivity contribution in [2.75, 3.05) is 33.2 Å². The van der Waals surface area contributed by atoms with Gasteiger partial charge in [0.25, 0.3) is 5.91 Å². The molecule has 0 spiro atoms. The van der Waals surface area contributed by atoms with Crippen LogP contribution < -0.4 is 0 Å². The minimum absolute atomic E-state index is 0.124. The van der Waals surface area contributed by atoms with E-state index in [0.29, 0.717) is 0 Å². The number of hydrogen-bond donors (Lipinski definition) is 0. The number of rotatable bonds is 1. The van der Waals surface area contributed by atoms with Crippen molar-refractivity contribution in [2.24, 2.45) is 0 Å². The molecule has 0 aliphatic carbocycles. The van der Waals surface area contributed by atoms with E-state index in [4.69, 9.17) is 0 Å². The van der Waals surface area contributed by atoms with Crippen LogP contribution in [0.5, 0.6) is 0 Å². The molecule has 1 amide bonds. The van der Waals surface area contributed by atoms with E-state index in [9.17, 15) is 4.79 Å². The highest BCUT2D eigenvalue weighted by Crippen LogP contribution is 2.08. The number of pyridine rings is 1. The first-order valence-electron chi connectivity index (χ1n) is 5.57. The predicted molar refractivity (Wildman–Crippen MR) is 62.4 cm³/mol. The van der Waals surface area contributed by atoms with Crippen LogP contribution in [-0.4, -0.2) is 53.9 Å². The van der Waals surface area contributed by atoms with Gasteiger partial charge in [0.15, 0.2) is 0 Å². The summed E-state index contributed by atoms with van der Waals surface area (Å²) in [5.74, 6) is 0.124. The summed E-state index contributed by atoms with van der Waals surface area (Å²) in [5, 5.41) is 0. The van der Waals surface area contributed by atoms with Crippen molar-refractivity contribution in [3.8, 4) is 0 Å². The minimum Gasteiger partial charge on any atom is -0.336 e. The molecule has 16 heavy (non-hydrogen) atoms. The average Bonchev–Trinajstić information content (AvgIpc) is 2.29. The van der Waals surface area contributed by atoms with Crippen molar-refractivity contribution in [3.63, 3.8) is 0 Å². The Morgan fingerprint density at radius 3 is 2.62 bits per heavy atom. The normalized spacial score (nSPS) is 17.5. The van der Waals surface area contributed by atoms with Gasteiger partial charge in [-0.1, -0.05) is 0 Å². The van der Waals surface area contributed by atoms with Crippen molar-refractivity contribution < 1.29 is 4.79 Å². The van der Waals surface area contributed by atoms with Gasteiger partial charge in [0.2, 0.25) is 0 Å². The summed E-state index contributed by atoms with van der Waals surface area (Å²) in [6, 6.07) is 3.63. The molecule has 0 unspecified atom stereocenters. The lowest BCUT2D eigenvalue weighted by Gasteiger charge is -2.32. The van der Waals surface area contributed by atoms with Crippen molar-refractivity contribution in [1.82, 2.24) is 14.8 Å². The second-order valence-electron chi connectivity index (χ2n) is 4.28. The molecular weight excluding hydrogens is 202 g/mol. The Labute approximate surface area is 95.9 Å². The molecule has 1 aromatic heterocycles. The Kier molecular flexibility index (Phi) is 3.19. The number of carbonyl (C=O) groups excluding carboxylic acids is 1. The van der Waals surface area contributed by atoms with Crippen LogP contribution in [0.15, 0.2) is 18.3 Å². The Hall–Kier alpha value is -1.42. The quantitative estimate of drug-likeness (QED) is 0.700. The van der Waals surface area contributed by atoms with Crippen molar-refractivity contribution in [3.05, 3.63) is 29.6 Å². The first-order chi connectivity index (χ1) is 7.66. The molecule has 0 saturated carbocycles. The Bertz CT molecular complexity index is 384. The van der Waals surface area contributed by atoms with Gasteiger partial charge in [0, 0.05) is 43.6 Å². The molecule has 0 atom stereocenters. The molecule has 2 heterocycles. The number of piperazine rings is 1. The van der Waals surface area contributed by atoms with Crippen LogP contribution >= 0.6 is 0 Å². The van der Waals surface area contributed by atoms with E-state index >= 15 is 0 Å². The molecule has 0 N–H and O–H groups in total. The predicted octanol–water partition coefficient (Wildman–Crippen LogP) is 0.778. The van der Waals surface area contributed by atoms with Crippen molar-refractivity contribution in [2.45, 2.75) is 6.92 Å². The zero-order chi connectivity index (χ0) is 11.5. The lowest BCUT2D eigenvalue weighted by atomic mass is 10.2. The molecule has 4 nitrogen and oxygen atoms in total. The highest BCUT2D eigenvalue weighted by Gasteiger charge is 2.20. The van der Waals surface area contributed by atoms with Gasteiger partial charge in [-0.05, 0) is 26.1 Å². The summed E-state index contributed by atoms with van der Waals surface area (Å²) >= 11 is 0. The second-order valence-corrected chi connectivity index (χ2v) is 4.28. The topological polar surface area (TPSA) is 36.4 Å². The van der Waals surface area contributed by atoms with E-state index in [1.807, 2.05) is 17.9 Å². The number of hydrogen-bond acceptors (Lipinski definition) is 3. The minimum atomic E-state index is 0.124. The molecule has 1 saturated heterocycles. The van der Waals surface area contributed by atoms with Gasteiger partial charge >= 0.3 is 0 Å². The molecule has 2 rings (SSSR count). The SMILES string of the molecule is Cc1cc(C(=O)N2CCN(C)CC2)ccn1. The maximum atomic E-state index is 12.1. The van der Waals surface area contributed by atoms with Gasteiger partial charge in [0.05, 0.1) is 0 Å². The number of nitrogens with zero attached hydrogens (tertiary/aromatic N) is 3. The summed E-state index contributed by atoms with van der Waals surface area (Å²) < 4.78 is 0. The van der Waals surface area contributed by atoms with E-state index in [1.54, 1.807) is 12.3 Å². The first-order valence-corrected chi connectivity index (χ1v) is 5.57. The number of aromatic nitrogens is 1. The zero-order valence-corrected chi connectivity index (χ0v) is 9.81. The van der Waals surface area contributed by atoms with Crippen LogP contribution in [-0.2, 0) is 0 Å². The highest BCUT2D eigenvalue weighted by molar-refractivity contribution is 5.94. The van der Waals surface area contributed by atoms with E-state index < -0.39 is 0 Å². The van der Waals surface area contributed by atoms with E-state index in [1.165, 1.54) is 0 Å². The molecule has 86 valence electrons. The fourth-order valence-electron chi connectivity index (χ4n) is 1.87. The lowest BCUT2D eigenvalue weighted by Crippen LogP contribution is -2.47. The van der Waals surface area contributed by atoms with E-state index in [0.717, 1.165) is 37.4 Å². The molecule has 1 aliphatic rings. The largest absolute Gasteiger partial charge is 0.336 e. The van der Waals surface area contributed by atoms with E-state index in [2.05, 4.69) is 16.9 Å². The summed E-state index contributed by atoms with van der Waals surface area (Å²) in [5.41, 5.74) is 1.64. The van der Waals surface area contributed by atoms with Gasteiger partial charge in [-0.3, -0.25) is 9.78 Å². The smallest absolute Gasteiger partial charge is 0.254 e. The second kappa shape index (κ2) is 4.61. The van der Waals surface area contributed by atoms with Crippen molar-refractivity contribution >= 4 is 5.91 Å². The Morgan fingerprint density at radius 1 is 1.31 bits per heavy atom. The third-order valence-corrected chi connectivity index (χ3v) is 2.93. The third kappa shape index (κ3) is 2.39. The summed E-state index contributed by atoms with van der Waals surface area (Å²) in [4.78, 5) is 20.4. The fraction of sp³-hybridized carbons (Fsp3) is 0.500. The molecule has 1 aromatic rings. The molecule has 0 bridgehead atoms. The number of aryl methyl sites for hydroxylation is 1. The molecule has 1 aliphatic heterocycles. The molecule has 4 heteroatoms.